The standard InChI is InChI=1S/C28H33N5O4/c1-36-24-10-8-20(9-11-24)27-30-25(37-31-27)19-32-15-12-21(13-16-32)28(35)29-17-22-5-2-3-6-23(22)18-33-14-4-7-26(33)34/h2-3,5-6,8-11,21H,4,7,12-19H2,1H3,(H,29,35). The molecule has 37 heavy (non-hydrogen) atoms. The Bertz CT molecular complexity index is 1220. The van der Waals surface area contributed by atoms with Crippen molar-refractivity contribution in [1.29, 1.82) is 0 Å². The molecule has 5 rings (SSSR count). The van der Waals surface area contributed by atoms with Gasteiger partial charge in [0.25, 0.3) is 0 Å². The van der Waals surface area contributed by atoms with Crippen LogP contribution in [0.2, 0.25) is 0 Å². The number of aromatic nitrogens is 2. The summed E-state index contributed by atoms with van der Waals surface area (Å²) in [5, 5.41) is 7.24. The minimum Gasteiger partial charge on any atom is -0.497 e. The molecule has 0 saturated carbocycles. The van der Waals surface area contributed by atoms with Gasteiger partial charge in [-0.15, -0.1) is 0 Å². The Kier molecular flexibility index (Phi) is 7.79. The summed E-state index contributed by atoms with van der Waals surface area (Å²) in [7, 11) is 1.63. The number of piperidine rings is 1. The predicted molar refractivity (Wildman–Crippen MR) is 137 cm³/mol. The molecule has 1 N–H and O–H groups in total. The largest absolute Gasteiger partial charge is 0.497 e. The summed E-state index contributed by atoms with van der Waals surface area (Å²) in [5.74, 6) is 2.20. The molecule has 3 aromatic rings. The van der Waals surface area contributed by atoms with Crippen LogP contribution in [-0.2, 0) is 29.2 Å². The van der Waals surface area contributed by atoms with Crippen molar-refractivity contribution >= 4 is 11.8 Å². The molecule has 3 heterocycles. The summed E-state index contributed by atoms with van der Waals surface area (Å²) in [5.41, 5.74) is 3.04. The SMILES string of the molecule is COc1ccc(-c2noc(CN3CCC(C(=O)NCc4ccccc4CN4CCCC4=O)CC3)n2)cc1. The van der Waals surface area contributed by atoms with E-state index < -0.39 is 0 Å². The minimum absolute atomic E-state index is 0.0129. The number of hydrogen-bond acceptors (Lipinski definition) is 7. The smallest absolute Gasteiger partial charge is 0.241 e. The summed E-state index contributed by atoms with van der Waals surface area (Å²) in [6.07, 6.45) is 3.13. The van der Waals surface area contributed by atoms with Crippen LogP contribution in [0.5, 0.6) is 5.75 Å². The fraction of sp³-hybridized carbons (Fsp3) is 0.429. The topological polar surface area (TPSA) is 101 Å². The van der Waals surface area contributed by atoms with E-state index in [-0.39, 0.29) is 17.7 Å². The lowest BCUT2D eigenvalue weighted by Gasteiger charge is -2.30. The van der Waals surface area contributed by atoms with Gasteiger partial charge in [0, 0.05) is 37.5 Å². The van der Waals surface area contributed by atoms with Gasteiger partial charge in [-0.2, -0.15) is 4.98 Å². The summed E-state index contributed by atoms with van der Waals surface area (Å²) >= 11 is 0. The van der Waals surface area contributed by atoms with Crippen LogP contribution in [0, 0.1) is 5.92 Å². The highest BCUT2D eigenvalue weighted by atomic mass is 16.5. The number of nitrogens with zero attached hydrogens (tertiary/aromatic N) is 4. The third-order valence-corrected chi connectivity index (χ3v) is 7.24. The fourth-order valence-electron chi connectivity index (χ4n) is 5.01. The van der Waals surface area contributed by atoms with Gasteiger partial charge in [-0.05, 0) is 67.7 Å². The van der Waals surface area contributed by atoms with Crippen molar-refractivity contribution in [1.82, 2.24) is 25.3 Å². The maximum atomic E-state index is 12.9. The van der Waals surface area contributed by atoms with Gasteiger partial charge < -0.3 is 19.5 Å². The van der Waals surface area contributed by atoms with Crippen LogP contribution in [0.25, 0.3) is 11.4 Å². The number of nitrogens with one attached hydrogen (secondary N) is 1. The molecule has 0 spiro atoms. The van der Waals surface area contributed by atoms with Crippen LogP contribution in [0.15, 0.2) is 53.1 Å². The molecule has 194 valence electrons. The van der Waals surface area contributed by atoms with E-state index in [0.717, 1.165) is 61.3 Å². The Balaban J connectivity index is 1.09. The summed E-state index contributed by atoms with van der Waals surface area (Å²) in [4.78, 5) is 33.6. The molecule has 0 bridgehead atoms. The Labute approximate surface area is 216 Å². The van der Waals surface area contributed by atoms with Crippen molar-refractivity contribution < 1.29 is 18.8 Å². The Morgan fingerprint density at radius 1 is 1.05 bits per heavy atom. The first-order valence-electron chi connectivity index (χ1n) is 12.9. The Hall–Kier alpha value is -3.72. The van der Waals surface area contributed by atoms with E-state index in [0.29, 0.717) is 37.8 Å². The van der Waals surface area contributed by atoms with Crippen LogP contribution < -0.4 is 10.1 Å². The molecule has 9 nitrogen and oxygen atoms in total. The average Bonchev–Trinajstić information content (AvgIpc) is 3.57. The molecule has 2 amide bonds. The maximum absolute atomic E-state index is 12.9. The monoisotopic (exact) mass is 503 g/mol. The van der Waals surface area contributed by atoms with E-state index in [9.17, 15) is 9.59 Å². The lowest BCUT2D eigenvalue weighted by molar-refractivity contribution is -0.128. The number of hydrogen-bond donors (Lipinski definition) is 1. The van der Waals surface area contributed by atoms with Crippen molar-refractivity contribution in [2.45, 2.75) is 45.3 Å². The van der Waals surface area contributed by atoms with E-state index in [1.165, 1.54) is 0 Å². The van der Waals surface area contributed by atoms with Crippen LogP contribution in [0.1, 0.15) is 42.7 Å². The average molecular weight is 504 g/mol. The fourth-order valence-corrected chi connectivity index (χ4v) is 5.01. The van der Waals surface area contributed by atoms with E-state index >= 15 is 0 Å². The number of benzene rings is 2. The molecule has 2 fully saturated rings. The Morgan fingerprint density at radius 2 is 1.81 bits per heavy atom. The van der Waals surface area contributed by atoms with Crippen LogP contribution in [-0.4, -0.2) is 58.5 Å². The van der Waals surface area contributed by atoms with Crippen molar-refractivity contribution in [2.75, 3.05) is 26.7 Å². The van der Waals surface area contributed by atoms with Crippen molar-refractivity contribution in [3.63, 3.8) is 0 Å². The van der Waals surface area contributed by atoms with Crippen molar-refractivity contribution in [2.24, 2.45) is 5.92 Å². The molecule has 0 atom stereocenters. The quantitative estimate of drug-likeness (QED) is 0.478. The number of carbonyl (C=O) groups excluding carboxylic acids is 2. The zero-order valence-corrected chi connectivity index (χ0v) is 21.2. The van der Waals surface area contributed by atoms with Gasteiger partial charge in [0.05, 0.1) is 13.7 Å². The van der Waals surface area contributed by atoms with Crippen molar-refractivity contribution in [3.05, 3.63) is 65.5 Å². The second-order valence-electron chi connectivity index (χ2n) is 9.70. The van der Waals surface area contributed by atoms with Gasteiger partial charge in [-0.3, -0.25) is 14.5 Å². The number of likely N-dealkylation sites (tertiary alicyclic amines) is 2. The minimum atomic E-state index is -0.0129. The number of methoxy groups -OCH3 is 1. The molecule has 0 unspecified atom stereocenters. The van der Waals surface area contributed by atoms with Crippen molar-refractivity contribution in [3.8, 4) is 17.1 Å². The molecular formula is C28H33N5O4. The first-order valence-corrected chi connectivity index (χ1v) is 12.9. The summed E-state index contributed by atoms with van der Waals surface area (Å²) in [6.45, 7) is 4.06. The number of amides is 2. The third-order valence-electron chi connectivity index (χ3n) is 7.24. The number of carbonyl (C=O) groups is 2. The maximum Gasteiger partial charge on any atom is 0.241 e. The van der Waals surface area contributed by atoms with Gasteiger partial charge >= 0.3 is 0 Å². The first-order chi connectivity index (χ1) is 18.1. The second kappa shape index (κ2) is 11.6. The molecule has 0 radical (unpaired) electrons. The van der Waals surface area contributed by atoms with Crippen LogP contribution in [0.4, 0.5) is 0 Å². The highest BCUT2D eigenvalue weighted by Gasteiger charge is 2.26. The zero-order chi connectivity index (χ0) is 25.6. The van der Waals surface area contributed by atoms with E-state index in [1.807, 2.05) is 53.4 Å². The van der Waals surface area contributed by atoms with Gasteiger partial charge in [0.1, 0.15) is 5.75 Å². The lowest BCUT2D eigenvalue weighted by Crippen LogP contribution is -2.40. The molecule has 2 aromatic carbocycles. The van der Waals surface area contributed by atoms with Gasteiger partial charge in [-0.25, -0.2) is 0 Å². The van der Waals surface area contributed by atoms with Crippen LogP contribution in [0.3, 0.4) is 0 Å². The molecule has 2 saturated heterocycles. The molecular weight excluding hydrogens is 470 g/mol. The number of rotatable bonds is 9. The first kappa shape index (κ1) is 25.0. The lowest BCUT2D eigenvalue weighted by atomic mass is 9.95. The van der Waals surface area contributed by atoms with Gasteiger partial charge in [0.15, 0.2) is 0 Å². The zero-order valence-electron chi connectivity index (χ0n) is 21.2. The van der Waals surface area contributed by atoms with E-state index in [2.05, 4.69) is 20.4 Å². The molecule has 2 aliphatic heterocycles. The van der Waals surface area contributed by atoms with E-state index in [1.54, 1.807) is 7.11 Å². The third kappa shape index (κ3) is 6.17. The molecule has 1 aromatic heterocycles. The Morgan fingerprint density at radius 3 is 2.51 bits per heavy atom. The number of ether oxygens (including phenoxy) is 1. The molecule has 2 aliphatic rings. The summed E-state index contributed by atoms with van der Waals surface area (Å²) in [6, 6.07) is 15.6. The molecule has 9 heteroatoms. The predicted octanol–water partition coefficient (Wildman–Crippen LogP) is 3.40. The normalized spacial score (nSPS) is 16.8. The highest BCUT2D eigenvalue weighted by Crippen LogP contribution is 2.23. The van der Waals surface area contributed by atoms with Crippen LogP contribution >= 0.6 is 0 Å². The second-order valence-corrected chi connectivity index (χ2v) is 9.70. The van der Waals surface area contributed by atoms with Gasteiger partial charge in [0.2, 0.25) is 23.5 Å². The summed E-state index contributed by atoms with van der Waals surface area (Å²) < 4.78 is 10.7. The highest BCUT2D eigenvalue weighted by molar-refractivity contribution is 5.79. The van der Waals surface area contributed by atoms with Gasteiger partial charge in [-0.1, -0.05) is 29.4 Å². The molecule has 0 aliphatic carbocycles. The van der Waals surface area contributed by atoms with E-state index in [4.69, 9.17) is 9.26 Å².